The highest BCUT2D eigenvalue weighted by molar-refractivity contribution is 9.10. The molecular weight excluding hydrogens is 704 g/mol. The van der Waals surface area contributed by atoms with Crippen molar-refractivity contribution >= 4 is 39.3 Å². The van der Waals surface area contributed by atoms with E-state index in [-0.39, 0.29) is 5.56 Å². The average Bonchev–Trinajstić information content (AvgIpc) is 3.39. The van der Waals surface area contributed by atoms with Crippen LogP contribution in [0.15, 0.2) is 117 Å². The Morgan fingerprint density at radius 3 is 2.31 bits per heavy atom. The van der Waals surface area contributed by atoms with Gasteiger partial charge in [0.15, 0.2) is 16.3 Å². The molecule has 0 saturated carbocycles. The zero-order chi connectivity index (χ0) is 34.5. The summed E-state index contributed by atoms with van der Waals surface area (Å²) in [5, 5.41) is 0. The van der Waals surface area contributed by atoms with E-state index in [2.05, 4.69) is 29.8 Å². The summed E-state index contributed by atoms with van der Waals surface area (Å²) in [5.41, 5.74) is 4.41. The van der Waals surface area contributed by atoms with E-state index in [1.165, 1.54) is 22.5 Å². The molecule has 1 aliphatic heterocycles. The van der Waals surface area contributed by atoms with Crippen LogP contribution in [-0.4, -0.2) is 30.4 Å². The molecule has 49 heavy (non-hydrogen) atoms. The van der Waals surface area contributed by atoms with Gasteiger partial charge in [-0.3, -0.25) is 9.36 Å². The molecule has 0 spiro atoms. The van der Waals surface area contributed by atoms with E-state index in [0.29, 0.717) is 62.1 Å². The number of ether oxygens (including phenoxy) is 4. The number of carbonyl (C=O) groups is 1. The lowest BCUT2D eigenvalue weighted by Crippen LogP contribution is -2.40. The van der Waals surface area contributed by atoms with Gasteiger partial charge in [-0.2, -0.15) is 0 Å². The monoisotopic (exact) mass is 738 g/mol. The number of benzene rings is 4. The molecule has 2 heterocycles. The number of halogens is 1. The number of rotatable bonds is 11. The first kappa shape index (κ1) is 34.0. The molecule has 0 amide bonds. The Labute approximate surface area is 296 Å². The van der Waals surface area contributed by atoms with Gasteiger partial charge in [0.1, 0.15) is 24.7 Å². The third kappa shape index (κ3) is 7.55. The van der Waals surface area contributed by atoms with Gasteiger partial charge in [0.05, 0.1) is 32.9 Å². The number of para-hydroxylation sites is 1. The molecule has 8 nitrogen and oxygen atoms in total. The fraction of sp³-hybridized carbons (Fsp3) is 0.205. The molecule has 0 saturated heterocycles. The maximum Gasteiger partial charge on any atom is 0.343 e. The molecule has 4 aromatic carbocycles. The maximum atomic E-state index is 14.2. The highest BCUT2D eigenvalue weighted by Crippen LogP contribution is 2.37. The fourth-order valence-corrected chi connectivity index (χ4v) is 7.14. The Balaban J connectivity index is 1.31. The first-order valence-corrected chi connectivity index (χ1v) is 17.5. The van der Waals surface area contributed by atoms with Crippen molar-refractivity contribution in [3.8, 4) is 23.0 Å². The molecular formula is C39H35BrN2O6S. The molecule has 1 aromatic heterocycles. The van der Waals surface area contributed by atoms with Gasteiger partial charge in [-0.05, 0) is 108 Å². The highest BCUT2D eigenvalue weighted by atomic mass is 79.9. The van der Waals surface area contributed by atoms with Crippen LogP contribution in [0.3, 0.4) is 0 Å². The maximum absolute atomic E-state index is 14.2. The van der Waals surface area contributed by atoms with E-state index in [9.17, 15) is 9.59 Å². The van der Waals surface area contributed by atoms with Crippen molar-refractivity contribution in [1.29, 1.82) is 0 Å². The van der Waals surface area contributed by atoms with Crippen LogP contribution < -0.4 is 33.8 Å². The number of thiazole rings is 1. The predicted octanol–water partition coefficient (Wildman–Crippen LogP) is 7.08. The van der Waals surface area contributed by atoms with E-state index >= 15 is 0 Å². The summed E-state index contributed by atoms with van der Waals surface area (Å²) in [6.07, 6.45) is 1.80. The summed E-state index contributed by atoms with van der Waals surface area (Å²) in [6, 6.07) is 27.3. The van der Waals surface area contributed by atoms with Crippen LogP contribution in [-0.2, 0) is 4.79 Å². The number of carbonyl (C=O) groups excluding carboxylic acids is 1. The molecule has 5 aromatic rings. The number of aryl methyl sites for hydroxylation is 2. The Bertz CT molecular complexity index is 2210. The number of fused-ring (bicyclic) bond motifs is 1. The first-order chi connectivity index (χ1) is 23.7. The number of aromatic nitrogens is 1. The van der Waals surface area contributed by atoms with Crippen LogP contribution in [0.2, 0.25) is 0 Å². The highest BCUT2D eigenvalue weighted by Gasteiger charge is 2.33. The third-order valence-corrected chi connectivity index (χ3v) is 9.59. The van der Waals surface area contributed by atoms with Crippen LogP contribution in [0.4, 0.5) is 0 Å². The van der Waals surface area contributed by atoms with Gasteiger partial charge in [-0.1, -0.05) is 65.9 Å². The molecule has 10 heteroatoms. The lowest BCUT2D eigenvalue weighted by Gasteiger charge is -2.24. The number of nitrogens with zero attached hydrogens (tertiary/aromatic N) is 2. The molecule has 6 rings (SSSR count). The molecule has 0 aliphatic carbocycles. The van der Waals surface area contributed by atoms with Gasteiger partial charge >= 0.3 is 5.97 Å². The van der Waals surface area contributed by atoms with Crippen LogP contribution in [0.5, 0.6) is 23.0 Å². The number of esters is 1. The third-order valence-electron chi connectivity index (χ3n) is 8.02. The smallest absolute Gasteiger partial charge is 0.343 e. The van der Waals surface area contributed by atoms with Crippen LogP contribution in [0, 0.1) is 13.8 Å². The van der Waals surface area contributed by atoms with Gasteiger partial charge in [0.2, 0.25) is 0 Å². The van der Waals surface area contributed by atoms with Crippen molar-refractivity contribution in [1.82, 2.24) is 4.57 Å². The first-order valence-electron chi connectivity index (χ1n) is 15.9. The lowest BCUT2D eigenvalue weighted by atomic mass is 9.96. The Morgan fingerprint density at radius 1 is 0.878 bits per heavy atom. The predicted molar refractivity (Wildman–Crippen MR) is 195 cm³/mol. The van der Waals surface area contributed by atoms with E-state index in [1.807, 2.05) is 73.7 Å². The summed E-state index contributed by atoms with van der Waals surface area (Å²) in [7, 11) is 0. The number of hydrogen-bond donors (Lipinski definition) is 0. The largest absolute Gasteiger partial charge is 0.490 e. The summed E-state index contributed by atoms with van der Waals surface area (Å²) in [4.78, 5) is 33.0. The normalized spacial score (nSPS) is 14.2. The lowest BCUT2D eigenvalue weighted by molar-refractivity contribution is -0.130. The van der Waals surface area contributed by atoms with Gasteiger partial charge in [-0.15, -0.1) is 0 Å². The second-order valence-electron chi connectivity index (χ2n) is 11.4. The minimum atomic E-state index is -0.719. The Morgan fingerprint density at radius 2 is 1.59 bits per heavy atom. The van der Waals surface area contributed by atoms with E-state index in [0.717, 1.165) is 16.9 Å². The van der Waals surface area contributed by atoms with Gasteiger partial charge in [-0.25, -0.2) is 9.79 Å². The van der Waals surface area contributed by atoms with E-state index in [4.69, 9.17) is 23.9 Å². The van der Waals surface area contributed by atoms with Gasteiger partial charge < -0.3 is 18.9 Å². The Kier molecular flexibility index (Phi) is 10.5. The molecule has 1 atom stereocenters. The van der Waals surface area contributed by atoms with Crippen molar-refractivity contribution in [2.24, 2.45) is 4.99 Å². The number of hydrogen-bond acceptors (Lipinski definition) is 8. The quantitative estimate of drug-likeness (QED) is 0.0818. The van der Waals surface area contributed by atoms with Crippen LogP contribution in [0.1, 0.15) is 42.1 Å². The van der Waals surface area contributed by atoms with Crippen molar-refractivity contribution in [2.75, 3.05) is 19.8 Å². The molecule has 1 unspecified atom stereocenters. The summed E-state index contributed by atoms with van der Waals surface area (Å²) < 4.78 is 26.4. The molecule has 1 aliphatic rings. The topological polar surface area (TPSA) is 88.4 Å². The van der Waals surface area contributed by atoms with E-state index in [1.54, 1.807) is 41.8 Å². The van der Waals surface area contributed by atoms with E-state index < -0.39 is 12.0 Å². The minimum Gasteiger partial charge on any atom is -0.490 e. The molecule has 0 N–H and O–H groups in total. The zero-order valence-electron chi connectivity index (χ0n) is 27.6. The average molecular weight is 740 g/mol. The van der Waals surface area contributed by atoms with Crippen molar-refractivity contribution in [2.45, 2.75) is 33.7 Å². The molecule has 0 bridgehead atoms. The Hall–Kier alpha value is -4.93. The SMILES string of the molecule is CCOc1cc(C=c2sc3n(c2=O)C(c2ccccc2)C(C(=O)Oc2ccccc2)=C(C)N=3)cc(Br)c1OCCOc1ccc(C)c(C)c1. The van der Waals surface area contributed by atoms with Crippen LogP contribution >= 0.6 is 27.3 Å². The van der Waals surface area contributed by atoms with Crippen molar-refractivity contribution in [3.05, 3.63) is 149 Å². The minimum absolute atomic E-state index is 0.270. The zero-order valence-corrected chi connectivity index (χ0v) is 30.0. The number of allylic oxidation sites excluding steroid dienone is 1. The summed E-state index contributed by atoms with van der Waals surface area (Å²) in [6.45, 7) is 8.87. The second-order valence-corrected chi connectivity index (χ2v) is 13.3. The van der Waals surface area contributed by atoms with Gasteiger partial charge in [0, 0.05) is 0 Å². The van der Waals surface area contributed by atoms with Crippen LogP contribution in [0.25, 0.3) is 6.08 Å². The fourth-order valence-electron chi connectivity index (χ4n) is 5.52. The van der Waals surface area contributed by atoms with Crippen molar-refractivity contribution < 1.29 is 23.7 Å². The summed E-state index contributed by atoms with van der Waals surface area (Å²) in [5.74, 6) is 1.72. The second kappa shape index (κ2) is 15.1. The summed E-state index contributed by atoms with van der Waals surface area (Å²) >= 11 is 4.91. The molecule has 0 fully saturated rings. The van der Waals surface area contributed by atoms with Crippen molar-refractivity contribution in [3.63, 3.8) is 0 Å². The molecule has 250 valence electrons. The standard InChI is InChI=1S/C39H35BrN2O6S/c1-5-45-32-22-27(21-31(40)36(32)47-19-18-46-30-17-16-24(2)25(3)20-30)23-33-37(43)42-35(28-12-8-6-9-13-28)34(26(4)41-39(42)49-33)38(44)48-29-14-10-7-11-15-29/h6-17,20-23,35H,5,18-19H2,1-4H3. The molecule has 0 radical (unpaired) electrons. The van der Waals surface area contributed by atoms with Gasteiger partial charge in [0.25, 0.3) is 5.56 Å².